The molecule has 0 aliphatic heterocycles. The first-order valence-corrected chi connectivity index (χ1v) is 4.52. The number of carbonyl (C=O) groups excluding carboxylic acids is 1. The molecule has 1 heterocycles. The maximum atomic E-state index is 10.1. The van der Waals surface area contributed by atoms with Crippen LogP contribution in [0.15, 0.2) is 30.6 Å². The fourth-order valence-corrected chi connectivity index (χ4v) is 0.677. The monoisotopic (exact) mass is 231 g/mol. The van der Waals surface area contributed by atoms with E-state index in [1.807, 2.05) is 18.2 Å². The molecule has 0 aromatic carbocycles. The van der Waals surface area contributed by atoms with Crippen LogP contribution in [0.2, 0.25) is 0 Å². The van der Waals surface area contributed by atoms with Gasteiger partial charge in [0, 0.05) is 19.5 Å². The van der Waals surface area contributed by atoms with Gasteiger partial charge in [0.15, 0.2) is 0 Å². The molecule has 15 heavy (non-hydrogen) atoms. The fourth-order valence-electron chi connectivity index (χ4n) is 0.584. The van der Waals surface area contributed by atoms with Gasteiger partial charge in [-0.2, -0.15) is 0 Å². The molecule has 2 amide bonds. The molecular formula is C9H14ClN3O2. The fraction of sp³-hybridized carbons (Fsp3) is 0.333. The molecule has 0 saturated carbocycles. The van der Waals surface area contributed by atoms with Crippen molar-refractivity contribution in [1.82, 2.24) is 10.3 Å². The van der Waals surface area contributed by atoms with Crippen molar-refractivity contribution in [1.29, 1.82) is 0 Å². The molecule has 1 unspecified atom stereocenters. The molecule has 0 bridgehead atoms. The summed E-state index contributed by atoms with van der Waals surface area (Å²) in [5, 5.41) is 0.962. The quantitative estimate of drug-likeness (QED) is 0.458. The molecule has 0 saturated heterocycles. The van der Waals surface area contributed by atoms with Crippen LogP contribution in [-0.2, 0) is 4.74 Å². The van der Waals surface area contributed by atoms with Gasteiger partial charge in [-0.15, -0.1) is 0 Å². The number of urea groups is 1. The number of aromatic nitrogens is 1. The molecule has 1 atom stereocenters. The topological polar surface area (TPSA) is 77.2 Å². The lowest BCUT2D eigenvalue weighted by Gasteiger charge is -2.19. The van der Waals surface area contributed by atoms with E-state index in [1.54, 1.807) is 12.4 Å². The molecule has 0 spiro atoms. The van der Waals surface area contributed by atoms with E-state index in [1.165, 1.54) is 14.0 Å². The number of hydrogen-bond acceptors (Lipinski definition) is 3. The predicted molar refractivity (Wildman–Crippen MR) is 58.2 cm³/mol. The Hall–Kier alpha value is -1.33. The molecule has 1 rings (SSSR count). The first kappa shape index (κ1) is 13.7. The van der Waals surface area contributed by atoms with Gasteiger partial charge in [0.2, 0.25) is 5.18 Å². The molecule has 6 heteroatoms. The van der Waals surface area contributed by atoms with E-state index in [4.69, 9.17) is 17.3 Å². The van der Waals surface area contributed by atoms with E-state index >= 15 is 0 Å². The largest absolute Gasteiger partial charge is 0.352 e. The van der Waals surface area contributed by atoms with Gasteiger partial charge < -0.3 is 10.5 Å². The molecule has 0 radical (unpaired) electrons. The molecule has 1 aromatic heterocycles. The average Bonchev–Trinajstić information content (AvgIpc) is 2.20. The first-order valence-electron chi connectivity index (χ1n) is 4.14. The minimum Gasteiger partial charge on any atom is -0.352 e. The number of amides is 2. The van der Waals surface area contributed by atoms with Crippen LogP contribution in [0.3, 0.4) is 0 Å². The normalized spacial score (nSPS) is 13.0. The Morgan fingerprint density at radius 3 is 2.13 bits per heavy atom. The van der Waals surface area contributed by atoms with Crippen molar-refractivity contribution >= 4 is 17.6 Å². The van der Waals surface area contributed by atoms with Crippen LogP contribution in [0.25, 0.3) is 0 Å². The Morgan fingerprint density at radius 1 is 1.47 bits per heavy atom. The van der Waals surface area contributed by atoms with Gasteiger partial charge in [0.05, 0.1) is 0 Å². The SMILES string of the molecule is COC(C)(Cl)NC(N)=O.c1ccncc1. The van der Waals surface area contributed by atoms with Crippen LogP contribution in [0.1, 0.15) is 6.92 Å². The zero-order valence-corrected chi connectivity index (χ0v) is 9.36. The minimum atomic E-state index is -1.19. The van der Waals surface area contributed by atoms with Gasteiger partial charge >= 0.3 is 6.03 Å². The summed E-state index contributed by atoms with van der Waals surface area (Å²) in [5.74, 6) is 0. The summed E-state index contributed by atoms with van der Waals surface area (Å²) in [5.41, 5.74) is 4.74. The zero-order valence-electron chi connectivity index (χ0n) is 8.61. The number of primary amides is 1. The highest BCUT2D eigenvalue weighted by molar-refractivity contribution is 6.23. The predicted octanol–water partition coefficient (Wildman–Crippen LogP) is 1.30. The highest BCUT2D eigenvalue weighted by atomic mass is 35.5. The Balaban J connectivity index is 0.000000280. The second kappa shape index (κ2) is 7.03. The minimum absolute atomic E-state index is 0.714. The summed E-state index contributed by atoms with van der Waals surface area (Å²) >= 11 is 5.48. The maximum absolute atomic E-state index is 10.1. The third kappa shape index (κ3) is 8.99. The number of ether oxygens (including phenoxy) is 1. The number of nitrogens with zero attached hydrogens (tertiary/aromatic N) is 1. The smallest absolute Gasteiger partial charge is 0.315 e. The van der Waals surface area contributed by atoms with Gasteiger partial charge in [-0.25, -0.2) is 4.79 Å². The summed E-state index contributed by atoms with van der Waals surface area (Å²) in [6.07, 6.45) is 3.50. The Morgan fingerprint density at radius 2 is 2.00 bits per heavy atom. The Labute approximate surface area is 93.6 Å². The summed E-state index contributed by atoms with van der Waals surface area (Å²) in [4.78, 5) is 13.9. The number of alkyl halides is 1. The van der Waals surface area contributed by atoms with Crippen molar-refractivity contribution in [2.24, 2.45) is 5.73 Å². The third-order valence-corrected chi connectivity index (χ3v) is 1.55. The lowest BCUT2D eigenvalue weighted by molar-refractivity contribution is 0.0603. The van der Waals surface area contributed by atoms with Crippen molar-refractivity contribution in [2.45, 2.75) is 12.1 Å². The summed E-state index contributed by atoms with van der Waals surface area (Å²) in [6, 6.07) is 5.00. The molecule has 3 N–H and O–H groups in total. The van der Waals surface area contributed by atoms with Crippen LogP contribution < -0.4 is 11.1 Å². The highest BCUT2D eigenvalue weighted by Crippen LogP contribution is 2.08. The lowest BCUT2D eigenvalue weighted by atomic mass is 10.5. The number of nitrogens with two attached hydrogens (primary N) is 1. The van der Waals surface area contributed by atoms with Crippen molar-refractivity contribution in [3.05, 3.63) is 30.6 Å². The maximum Gasteiger partial charge on any atom is 0.315 e. The van der Waals surface area contributed by atoms with Gasteiger partial charge in [-0.05, 0) is 19.1 Å². The Bertz CT molecular complexity index is 253. The number of hydrogen-bond donors (Lipinski definition) is 2. The molecule has 1 aromatic rings. The standard InChI is InChI=1S/C5H5N.C4H9ClN2O2/c1-2-4-6-5-3-1;1-4(5,9-2)7-3(6)8/h1-5H;1-2H3,(H3,6,7,8). The van der Waals surface area contributed by atoms with E-state index in [2.05, 4.69) is 15.0 Å². The van der Waals surface area contributed by atoms with Crippen LogP contribution in [-0.4, -0.2) is 23.3 Å². The van der Waals surface area contributed by atoms with Crippen molar-refractivity contribution in [3.8, 4) is 0 Å². The second-order valence-electron chi connectivity index (χ2n) is 2.63. The molecule has 84 valence electrons. The molecule has 0 fully saturated rings. The zero-order chi connectivity index (χ0) is 11.7. The van der Waals surface area contributed by atoms with Crippen molar-refractivity contribution in [3.63, 3.8) is 0 Å². The number of nitrogens with one attached hydrogen (secondary N) is 1. The van der Waals surface area contributed by atoms with Crippen molar-refractivity contribution in [2.75, 3.05) is 7.11 Å². The molecular weight excluding hydrogens is 218 g/mol. The van der Waals surface area contributed by atoms with Crippen LogP contribution in [0.5, 0.6) is 0 Å². The van der Waals surface area contributed by atoms with Gasteiger partial charge in [-0.3, -0.25) is 10.3 Å². The van der Waals surface area contributed by atoms with Gasteiger partial charge in [0.1, 0.15) is 0 Å². The average molecular weight is 232 g/mol. The Kier molecular flexibility index (Phi) is 6.40. The third-order valence-electron chi connectivity index (χ3n) is 1.30. The molecule has 0 aliphatic rings. The van der Waals surface area contributed by atoms with Crippen LogP contribution in [0, 0.1) is 0 Å². The van der Waals surface area contributed by atoms with E-state index in [-0.39, 0.29) is 0 Å². The number of methoxy groups -OCH3 is 1. The number of halogens is 1. The molecule has 0 aliphatic carbocycles. The van der Waals surface area contributed by atoms with E-state index < -0.39 is 11.2 Å². The second-order valence-corrected chi connectivity index (χ2v) is 3.36. The van der Waals surface area contributed by atoms with Crippen LogP contribution in [0.4, 0.5) is 4.79 Å². The molecule has 5 nitrogen and oxygen atoms in total. The summed E-state index contributed by atoms with van der Waals surface area (Å²) < 4.78 is 4.60. The van der Waals surface area contributed by atoms with E-state index in [9.17, 15) is 4.79 Å². The van der Waals surface area contributed by atoms with Crippen LogP contribution >= 0.6 is 11.6 Å². The highest BCUT2D eigenvalue weighted by Gasteiger charge is 2.19. The lowest BCUT2D eigenvalue weighted by Crippen LogP contribution is -2.45. The van der Waals surface area contributed by atoms with Gasteiger partial charge in [0.25, 0.3) is 0 Å². The van der Waals surface area contributed by atoms with Crippen molar-refractivity contribution < 1.29 is 9.53 Å². The number of carbonyl (C=O) groups is 1. The summed E-state index contributed by atoms with van der Waals surface area (Å²) in [6.45, 7) is 1.47. The van der Waals surface area contributed by atoms with E-state index in [0.717, 1.165) is 0 Å². The number of pyridine rings is 1. The van der Waals surface area contributed by atoms with E-state index in [0.29, 0.717) is 0 Å². The number of rotatable bonds is 2. The summed E-state index contributed by atoms with van der Waals surface area (Å²) in [7, 11) is 1.36. The first-order chi connectivity index (χ1) is 6.98. The van der Waals surface area contributed by atoms with Gasteiger partial charge in [-0.1, -0.05) is 17.7 Å².